The Balaban J connectivity index is 1.53. The highest BCUT2D eigenvalue weighted by atomic mass is 35.5. The number of carbonyl (C=O) groups is 1. The van der Waals surface area contributed by atoms with Crippen molar-refractivity contribution in [3.8, 4) is 0 Å². The lowest BCUT2D eigenvalue weighted by Gasteiger charge is -2.08. The minimum Gasteiger partial charge on any atom is -0.383 e. The zero-order chi connectivity index (χ0) is 18.4. The summed E-state index contributed by atoms with van der Waals surface area (Å²) in [5.74, 6) is -0.0404. The average Bonchev–Trinajstić information content (AvgIpc) is 2.65. The van der Waals surface area contributed by atoms with Crippen LogP contribution in [-0.4, -0.2) is 17.4 Å². The van der Waals surface area contributed by atoms with Crippen LogP contribution in [0.1, 0.15) is 15.9 Å². The van der Waals surface area contributed by atoms with Crippen LogP contribution in [0.2, 0.25) is 5.02 Å². The average molecular weight is 370 g/mol. The molecule has 0 unspecified atom stereocenters. The van der Waals surface area contributed by atoms with Crippen molar-refractivity contribution in [1.29, 1.82) is 0 Å². The lowest BCUT2D eigenvalue weighted by atomic mass is 10.1. The van der Waals surface area contributed by atoms with Gasteiger partial charge in [-0.05, 0) is 48.4 Å². The summed E-state index contributed by atoms with van der Waals surface area (Å²) < 4.78 is 13.6. The van der Waals surface area contributed by atoms with Crippen molar-refractivity contribution < 1.29 is 9.18 Å². The quantitative estimate of drug-likeness (QED) is 0.657. The van der Waals surface area contributed by atoms with Crippen molar-refractivity contribution in [3.05, 3.63) is 88.8 Å². The van der Waals surface area contributed by atoms with E-state index in [2.05, 4.69) is 15.6 Å². The van der Waals surface area contributed by atoms with E-state index in [4.69, 9.17) is 11.6 Å². The number of carbonyl (C=O) groups excluding carboxylic acids is 1. The van der Waals surface area contributed by atoms with Crippen molar-refractivity contribution in [2.75, 3.05) is 17.2 Å². The standard InChI is InChI=1S/C20H17ClFN3O/c21-16-6-3-5-15(12-16)20(26)25-19-9-8-17(13-24-19)23-11-10-14-4-1-2-7-18(14)22/h1-9,12-13,23H,10-11H2,(H,24,25,26). The van der Waals surface area contributed by atoms with Crippen LogP contribution in [0.3, 0.4) is 0 Å². The van der Waals surface area contributed by atoms with Crippen LogP contribution in [0.25, 0.3) is 0 Å². The Morgan fingerprint density at radius 1 is 1.08 bits per heavy atom. The second-order valence-electron chi connectivity index (χ2n) is 5.66. The van der Waals surface area contributed by atoms with Crippen LogP contribution in [0.15, 0.2) is 66.9 Å². The highest BCUT2D eigenvalue weighted by molar-refractivity contribution is 6.31. The minimum atomic E-state index is -0.278. The summed E-state index contributed by atoms with van der Waals surface area (Å²) in [4.78, 5) is 16.4. The molecule has 0 radical (unpaired) electrons. The first-order valence-corrected chi connectivity index (χ1v) is 8.50. The molecule has 3 rings (SSSR count). The van der Waals surface area contributed by atoms with Gasteiger partial charge in [0.1, 0.15) is 11.6 Å². The largest absolute Gasteiger partial charge is 0.383 e. The molecule has 0 aliphatic rings. The highest BCUT2D eigenvalue weighted by Gasteiger charge is 2.07. The van der Waals surface area contributed by atoms with E-state index in [1.54, 1.807) is 48.7 Å². The van der Waals surface area contributed by atoms with Gasteiger partial charge in [-0.2, -0.15) is 0 Å². The number of anilines is 2. The fourth-order valence-electron chi connectivity index (χ4n) is 2.43. The summed E-state index contributed by atoms with van der Waals surface area (Å²) in [5.41, 5.74) is 1.92. The van der Waals surface area contributed by atoms with Gasteiger partial charge in [-0.25, -0.2) is 9.37 Å². The molecule has 2 aromatic carbocycles. The van der Waals surface area contributed by atoms with E-state index in [9.17, 15) is 9.18 Å². The molecule has 0 saturated heterocycles. The van der Waals surface area contributed by atoms with Gasteiger partial charge in [-0.1, -0.05) is 35.9 Å². The number of halogens is 2. The van der Waals surface area contributed by atoms with Gasteiger partial charge in [-0.15, -0.1) is 0 Å². The maximum atomic E-state index is 13.6. The number of nitrogens with one attached hydrogen (secondary N) is 2. The van der Waals surface area contributed by atoms with Crippen molar-refractivity contribution in [2.45, 2.75) is 6.42 Å². The zero-order valence-corrected chi connectivity index (χ0v) is 14.6. The highest BCUT2D eigenvalue weighted by Crippen LogP contribution is 2.14. The third-order valence-corrected chi connectivity index (χ3v) is 4.01. The van der Waals surface area contributed by atoms with E-state index in [0.717, 1.165) is 5.69 Å². The van der Waals surface area contributed by atoms with E-state index >= 15 is 0 Å². The van der Waals surface area contributed by atoms with Gasteiger partial charge in [0.05, 0.1) is 11.9 Å². The summed E-state index contributed by atoms with van der Waals surface area (Å²) in [6.45, 7) is 0.580. The predicted molar refractivity (Wildman–Crippen MR) is 102 cm³/mol. The van der Waals surface area contributed by atoms with Gasteiger partial charge >= 0.3 is 0 Å². The molecule has 0 spiro atoms. The van der Waals surface area contributed by atoms with E-state index in [1.165, 1.54) is 6.07 Å². The van der Waals surface area contributed by atoms with Gasteiger partial charge in [0, 0.05) is 17.1 Å². The number of hydrogen-bond acceptors (Lipinski definition) is 3. The molecule has 2 N–H and O–H groups in total. The molecule has 4 nitrogen and oxygen atoms in total. The lowest BCUT2D eigenvalue weighted by molar-refractivity contribution is 0.102. The third kappa shape index (κ3) is 4.80. The molecule has 1 amide bonds. The number of pyridine rings is 1. The summed E-state index contributed by atoms with van der Waals surface area (Å²) in [6.07, 6.45) is 2.19. The Bertz CT molecular complexity index is 900. The van der Waals surface area contributed by atoms with Gasteiger partial charge in [-0.3, -0.25) is 4.79 Å². The fraction of sp³-hybridized carbons (Fsp3) is 0.100. The first kappa shape index (κ1) is 17.9. The van der Waals surface area contributed by atoms with E-state index < -0.39 is 0 Å². The number of rotatable bonds is 6. The Hall–Kier alpha value is -2.92. The second-order valence-corrected chi connectivity index (χ2v) is 6.10. The molecule has 0 fully saturated rings. The van der Waals surface area contributed by atoms with Crippen molar-refractivity contribution in [1.82, 2.24) is 4.98 Å². The first-order chi connectivity index (χ1) is 12.6. The van der Waals surface area contributed by atoms with Crippen LogP contribution in [0.5, 0.6) is 0 Å². The molecule has 1 aromatic heterocycles. The van der Waals surface area contributed by atoms with E-state index in [0.29, 0.717) is 34.9 Å². The van der Waals surface area contributed by atoms with Crippen LogP contribution >= 0.6 is 11.6 Å². The van der Waals surface area contributed by atoms with Gasteiger partial charge in [0.25, 0.3) is 5.91 Å². The monoisotopic (exact) mass is 369 g/mol. The zero-order valence-electron chi connectivity index (χ0n) is 13.9. The number of benzene rings is 2. The van der Waals surface area contributed by atoms with Crippen LogP contribution in [-0.2, 0) is 6.42 Å². The molecule has 26 heavy (non-hydrogen) atoms. The molecule has 0 aliphatic carbocycles. The van der Waals surface area contributed by atoms with Gasteiger partial charge in [0.15, 0.2) is 0 Å². The Labute approximate surface area is 156 Å². The van der Waals surface area contributed by atoms with Crippen LogP contribution in [0, 0.1) is 5.82 Å². The SMILES string of the molecule is O=C(Nc1ccc(NCCc2ccccc2F)cn1)c1cccc(Cl)c1. The molecule has 132 valence electrons. The number of hydrogen-bond donors (Lipinski definition) is 2. The normalized spacial score (nSPS) is 10.4. The molecule has 0 atom stereocenters. The maximum Gasteiger partial charge on any atom is 0.256 e. The second kappa shape index (κ2) is 8.45. The number of aromatic nitrogens is 1. The predicted octanol–water partition coefficient (Wildman–Crippen LogP) is 4.78. The van der Waals surface area contributed by atoms with Crippen LogP contribution in [0.4, 0.5) is 15.9 Å². The van der Waals surface area contributed by atoms with Crippen molar-refractivity contribution in [2.24, 2.45) is 0 Å². The Morgan fingerprint density at radius 3 is 2.65 bits per heavy atom. The Kier molecular flexibility index (Phi) is 5.81. The third-order valence-electron chi connectivity index (χ3n) is 3.77. The van der Waals surface area contributed by atoms with E-state index in [-0.39, 0.29) is 11.7 Å². The molecule has 0 aliphatic heterocycles. The molecular formula is C20H17ClFN3O. The molecular weight excluding hydrogens is 353 g/mol. The fourth-order valence-corrected chi connectivity index (χ4v) is 2.62. The van der Waals surface area contributed by atoms with Gasteiger partial charge < -0.3 is 10.6 Å². The number of nitrogens with zero attached hydrogens (tertiary/aromatic N) is 1. The first-order valence-electron chi connectivity index (χ1n) is 8.12. The lowest BCUT2D eigenvalue weighted by Crippen LogP contribution is -2.13. The van der Waals surface area contributed by atoms with Crippen molar-refractivity contribution >= 4 is 29.0 Å². The topological polar surface area (TPSA) is 54.0 Å². The molecule has 3 aromatic rings. The molecule has 0 saturated carbocycles. The summed E-state index contributed by atoms with van der Waals surface area (Å²) in [5, 5.41) is 6.40. The van der Waals surface area contributed by atoms with Crippen LogP contribution < -0.4 is 10.6 Å². The molecule has 1 heterocycles. The molecule has 6 heteroatoms. The van der Waals surface area contributed by atoms with Crippen molar-refractivity contribution in [3.63, 3.8) is 0 Å². The molecule has 0 bridgehead atoms. The summed E-state index contributed by atoms with van der Waals surface area (Å²) >= 11 is 5.89. The smallest absolute Gasteiger partial charge is 0.256 e. The summed E-state index contributed by atoms with van der Waals surface area (Å²) in [7, 11) is 0. The summed E-state index contributed by atoms with van der Waals surface area (Å²) in [6, 6.07) is 16.9. The minimum absolute atomic E-state index is 0.202. The van der Waals surface area contributed by atoms with E-state index in [1.807, 2.05) is 12.1 Å². The van der Waals surface area contributed by atoms with Gasteiger partial charge in [0.2, 0.25) is 0 Å². The number of amides is 1. The Morgan fingerprint density at radius 2 is 1.92 bits per heavy atom. The maximum absolute atomic E-state index is 13.6.